The molecule has 2 rings (SSSR count). The minimum Gasteiger partial charge on any atom is -0.305 e. The minimum atomic E-state index is -0.258. The topological polar surface area (TPSA) is 70.7 Å². The van der Waals surface area contributed by atoms with Gasteiger partial charge in [0.15, 0.2) is 0 Å². The zero-order valence-corrected chi connectivity index (χ0v) is 10.1. The third-order valence-electron chi connectivity index (χ3n) is 2.03. The maximum Gasteiger partial charge on any atom is 0.274 e. The summed E-state index contributed by atoms with van der Waals surface area (Å²) in [5, 5.41) is 8.96. The molecule has 0 bridgehead atoms. The van der Waals surface area contributed by atoms with Crippen LogP contribution in [0.3, 0.4) is 0 Å². The fourth-order valence-corrected chi connectivity index (χ4v) is 1.39. The molecule has 2 aromatic heterocycles. The highest BCUT2D eigenvalue weighted by atomic mass is 79.9. The summed E-state index contributed by atoms with van der Waals surface area (Å²) < 4.78 is 0.909. The van der Waals surface area contributed by atoms with E-state index in [9.17, 15) is 4.79 Å². The van der Waals surface area contributed by atoms with Crippen molar-refractivity contribution in [1.29, 1.82) is 0 Å². The Labute approximate surface area is 100 Å². The molecule has 0 saturated heterocycles. The van der Waals surface area contributed by atoms with Crippen LogP contribution in [0.1, 0.15) is 16.1 Å². The molecule has 1 amide bonds. The number of pyridine rings is 1. The van der Waals surface area contributed by atoms with Crippen molar-refractivity contribution in [3.63, 3.8) is 0 Å². The van der Waals surface area contributed by atoms with Crippen molar-refractivity contribution >= 4 is 27.7 Å². The molecule has 5 nitrogen and oxygen atoms in total. The minimum absolute atomic E-state index is 0.258. The summed E-state index contributed by atoms with van der Waals surface area (Å²) in [5.74, 6) is 0.257. The molecular weight excluding hydrogens is 272 g/mol. The summed E-state index contributed by atoms with van der Waals surface area (Å²) >= 11 is 3.34. The maximum absolute atomic E-state index is 11.6. The summed E-state index contributed by atoms with van der Waals surface area (Å²) in [7, 11) is 0. The number of hydrogen-bond donors (Lipinski definition) is 2. The lowest BCUT2D eigenvalue weighted by atomic mass is 10.3. The van der Waals surface area contributed by atoms with Crippen molar-refractivity contribution in [3.05, 3.63) is 40.3 Å². The molecule has 0 aliphatic rings. The van der Waals surface area contributed by atoms with Gasteiger partial charge in [-0.05, 0) is 40.5 Å². The van der Waals surface area contributed by atoms with Gasteiger partial charge in [0.2, 0.25) is 0 Å². The third-order valence-corrected chi connectivity index (χ3v) is 2.86. The highest BCUT2D eigenvalue weighted by Gasteiger charge is 2.08. The van der Waals surface area contributed by atoms with Crippen LogP contribution in [0.2, 0.25) is 0 Å². The monoisotopic (exact) mass is 280 g/mol. The first-order valence-electron chi connectivity index (χ1n) is 4.59. The Hall–Kier alpha value is -1.69. The summed E-state index contributed by atoms with van der Waals surface area (Å²) in [6, 6.07) is 3.39. The molecule has 0 saturated carbocycles. The van der Waals surface area contributed by atoms with Crippen LogP contribution in [0.5, 0.6) is 0 Å². The average molecular weight is 281 g/mol. The van der Waals surface area contributed by atoms with Crippen molar-refractivity contribution in [2.45, 2.75) is 6.92 Å². The first kappa shape index (κ1) is 10.8. The number of aryl methyl sites for hydroxylation is 1. The zero-order valence-electron chi connectivity index (χ0n) is 8.49. The van der Waals surface area contributed by atoms with E-state index in [2.05, 4.69) is 36.4 Å². The van der Waals surface area contributed by atoms with E-state index in [0.29, 0.717) is 11.5 Å². The van der Waals surface area contributed by atoms with Crippen LogP contribution in [-0.2, 0) is 0 Å². The SMILES string of the molecule is Cc1cc(NC(=O)c2ccn[nH]2)ncc1Br. The molecule has 0 aromatic carbocycles. The number of H-pyrrole nitrogens is 1. The number of aromatic nitrogens is 3. The predicted octanol–water partition coefficient (Wildman–Crippen LogP) is 2.13. The lowest BCUT2D eigenvalue weighted by Crippen LogP contribution is -2.13. The van der Waals surface area contributed by atoms with Crippen molar-refractivity contribution in [1.82, 2.24) is 15.2 Å². The molecule has 0 aliphatic heterocycles. The first-order chi connectivity index (χ1) is 7.66. The van der Waals surface area contributed by atoms with Crippen LogP contribution in [0.4, 0.5) is 5.82 Å². The normalized spacial score (nSPS) is 10.1. The molecule has 16 heavy (non-hydrogen) atoms. The molecular formula is C10H9BrN4O. The fourth-order valence-electron chi connectivity index (χ4n) is 1.17. The summed E-state index contributed by atoms with van der Waals surface area (Å²) in [4.78, 5) is 15.7. The van der Waals surface area contributed by atoms with E-state index in [1.165, 1.54) is 6.20 Å². The first-order valence-corrected chi connectivity index (χ1v) is 5.39. The number of carbonyl (C=O) groups is 1. The Morgan fingerprint density at radius 1 is 1.56 bits per heavy atom. The van der Waals surface area contributed by atoms with Crippen LogP contribution in [0.25, 0.3) is 0 Å². The van der Waals surface area contributed by atoms with Crippen LogP contribution >= 0.6 is 15.9 Å². The second-order valence-electron chi connectivity index (χ2n) is 3.24. The molecule has 2 aromatic rings. The van der Waals surface area contributed by atoms with Gasteiger partial charge in [0.1, 0.15) is 11.5 Å². The van der Waals surface area contributed by atoms with E-state index in [0.717, 1.165) is 10.0 Å². The van der Waals surface area contributed by atoms with Crippen LogP contribution in [-0.4, -0.2) is 21.1 Å². The van der Waals surface area contributed by atoms with Crippen molar-refractivity contribution in [2.24, 2.45) is 0 Å². The molecule has 0 aliphatic carbocycles. The Morgan fingerprint density at radius 2 is 2.38 bits per heavy atom. The van der Waals surface area contributed by atoms with Gasteiger partial charge in [0.25, 0.3) is 5.91 Å². The van der Waals surface area contributed by atoms with Gasteiger partial charge in [-0.15, -0.1) is 0 Å². The standard InChI is InChI=1S/C10H9BrN4O/c1-6-4-9(12-5-7(6)11)14-10(16)8-2-3-13-15-8/h2-5H,1H3,(H,13,15)(H,12,14,16). The number of halogens is 1. The molecule has 2 heterocycles. The molecule has 0 atom stereocenters. The molecule has 0 spiro atoms. The van der Waals surface area contributed by atoms with Gasteiger partial charge in [0.05, 0.1) is 0 Å². The molecule has 0 fully saturated rings. The molecule has 6 heteroatoms. The van der Waals surface area contributed by atoms with Gasteiger partial charge in [-0.1, -0.05) is 0 Å². The van der Waals surface area contributed by atoms with Gasteiger partial charge in [0, 0.05) is 16.9 Å². The van der Waals surface area contributed by atoms with Crippen molar-refractivity contribution < 1.29 is 4.79 Å². The second kappa shape index (κ2) is 4.44. The van der Waals surface area contributed by atoms with Crippen LogP contribution in [0, 0.1) is 6.92 Å². The number of carbonyl (C=O) groups excluding carboxylic acids is 1. The Kier molecular flexibility index (Phi) is 3.00. The average Bonchev–Trinajstić information content (AvgIpc) is 2.77. The van der Waals surface area contributed by atoms with Gasteiger partial charge < -0.3 is 5.32 Å². The molecule has 0 radical (unpaired) electrons. The Morgan fingerprint density at radius 3 is 3.00 bits per heavy atom. The highest BCUT2D eigenvalue weighted by molar-refractivity contribution is 9.10. The van der Waals surface area contributed by atoms with E-state index in [1.807, 2.05) is 6.92 Å². The number of nitrogens with zero attached hydrogens (tertiary/aromatic N) is 2. The number of hydrogen-bond acceptors (Lipinski definition) is 3. The Bertz CT molecular complexity index is 510. The lowest BCUT2D eigenvalue weighted by molar-refractivity contribution is 0.102. The van der Waals surface area contributed by atoms with E-state index in [1.54, 1.807) is 18.3 Å². The summed E-state index contributed by atoms with van der Waals surface area (Å²) in [5.41, 5.74) is 1.41. The fraction of sp³-hybridized carbons (Fsp3) is 0.100. The van der Waals surface area contributed by atoms with Gasteiger partial charge in [-0.25, -0.2) is 4.98 Å². The quantitative estimate of drug-likeness (QED) is 0.885. The largest absolute Gasteiger partial charge is 0.305 e. The summed E-state index contributed by atoms with van der Waals surface area (Å²) in [6.45, 7) is 1.93. The third kappa shape index (κ3) is 2.27. The molecule has 0 unspecified atom stereocenters. The second-order valence-corrected chi connectivity index (χ2v) is 4.10. The van der Waals surface area contributed by atoms with E-state index < -0.39 is 0 Å². The maximum atomic E-state index is 11.6. The molecule has 2 N–H and O–H groups in total. The van der Waals surface area contributed by atoms with Crippen molar-refractivity contribution in [2.75, 3.05) is 5.32 Å². The number of aromatic amines is 1. The van der Waals surface area contributed by atoms with Crippen LogP contribution in [0.15, 0.2) is 29.0 Å². The van der Waals surface area contributed by atoms with Crippen molar-refractivity contribution in [3.8, 4) is 0 Å². The Balaban J connectivity index is 2.15. The van der Waals surface area contributed by atoms with Gasteiger partial charge in [-0.2, -0.15) is 5.10 Å². The van der Waals surface area contributed by atoms with E-state index in [4.69, 9.17) is 0 Å². The molecule has 82 valence electrons. The number of anilines is 1. The number of nitrogens with one attached hydrogen (secondary N) is 2. The van der Waals surface area contributed by atoms with E-state index in [-0.39, 0.29) is 5.91 Å². The highest BCUT2D eigenvalue weighted by Crippen LogP contribution is 2.17. The summed E-state index contributed by atoms with van der Waals surface area (Å²) in [6.07, 6.45) is 3.17. The van der Waals surface area contributed by atoms with E-state index >= 15 is 0 Å². The lowest BCUT2D eigenvalue weighted by Gasteiger charge is -2.04. The van der Waals surface area contributed by atoms with Crippen LogP contribution < -0.4 is 5.32 Å². The smallest absolute Gasteiger partial charge is 0.274 e. The number of rotatable bonds is 2. The zero-order chi connectivity index (χ0) is 11.5. The number of amides is 1. The van der Waals surface area contributed by atoms with Gasteiger partial charge >= 0.3 is 0 Å². The predicted molar refractivity (Wildman–Crippen MR) is 63.2 cm³/mol. The van der Waals surface area contributed by atoms with Gasteiger partial charge in [-0.3, -0.25) is 9.89 Å².